The molecule has 4 nitrogen and oxygen atoms in total. The monoisotopic (exact) mass is 410 g/mol. The fourth-order valence-corrected chi connectivity index (χ4v) is 4.00. The molecule has 0 fully saturated rings. The van der Waals surface area contributed by atoms with Crippen LogP contribution in [-0.4, -0.2) is 25.9 Å². The molecule has 1 aromatic carbocycles. The Balaban J connectivity index is 1.86. The first kappa shape index (κ1) is 18.9. The van der Waals surface area contributed by atoms with Gasteiger partial charge in [0.05, 0.1) is 16.7 Å². The lowest BCUT2D eigenvalue weighted by molar-refractivity contribution is 0.228. The Kier molecular flexibility index (Phi) is 5.95. The van der Waals surface area contributed by atoms with E-state index in [0.29, 0.717) is 22.3 Å². The number of hydrogen-bond donors (Lipinski definition) is 2. The first-order valence-electron chi connectivity index (χ1n) is 7.42. The molecule has 9 heteroatoms. The summed E-state index contributed by atoms with van der Waals surface area (Å²) >= 11 is 8.26. The number of halogens is 3. The molecule has 0 aliphatic rings. The Morgan fingerprint density at radius 2 is 1.96 bits per heavy atom. The summed E-state index contributed by atoms with van der Waals surface area (Å²) in [5.74, 6) is 0.925. The fraction of sp³-hybridized carbons (Fsp3) is 0.118. The van der Waals surface area contributed by atoms with Gasteiger partial charge in [-0.15, -0.1) is 11.8 Å². The lowest BCUT2D eigenvalue weighted by Crippen LogP contribution is -2.10. The Hall–Kier alpha value is -1.90. The highest BCUT2D eigenvalue weighted by Crippen LogP contribution is 2.29. The van der Waals surface area contributed by atoms with Crippen molar-refractivity contribution in [1.82, 2.24) is 9.38 Å². The molecule has 0 spiro atoms. The number of imidazole rings is 1. The molecule has 0 aliphatic heterocycles. The number of pyridine rings is 1. The van der Waals surface area contributed by atoms with Crippen LogP contribution >= 0.6 is 35.1 Å². The molecule has 0 aliphatic carbocycles. The van der Waals surface area contributed by atoms with Crippen molar-refractivity contribution in [2.24, 2.45) is 0 Å². The summed E-state index contributed by atoms with van der Waals surface area (Å²) in [4.78, 5) is 4.98. The van der Waals surface area contributed by atoms with Crippen molar-refractivity contribution in [3.63, 3.8) is 0 Å². The van der Waals surface area contributed by atoms with Crippen molar-refractivity contribution in [2.45, 2.75) is 17.1 Å². The molecule has 0 amide bonds. The second-order valence-electron chi connectivity index (χ2n) is 5.23. The highest BCUT2D eigenvalue weighted by Gasteiger charge is 2.19. The molecular formula is C17H13ClF2N4S2. The Bertz CT molecular complexity index is 960. The molecule has 3 aromatic rings. The van der Waals surface area contributed by atoms with Gasteiger partial charge < -0.3 is 0 Å². The maximum absolute atomic E-state index is 12.5. The van der Waals surface area contributed by atoms with Crippen LogP contribution in [0.2, 0.25) is 5.02 Å². The third-order valence-corrected chi connectivity index (χ3v) is 5.55. The van der Waals surface area contributed by atoms with E-state index in [4.69, 9.17) is 22.4 Å². The van der Waals surface area contributed by atoms with E-state index in [9.17, 15) is 8.78 Å². The van der Waals surface area contributed by atoms with Gasteiger partial charge in [0.1, 0.15) is 10.1 Å². The zero-order chi connectivity index (χ0) is 18.7. The van der Waals surface area contributed by atoms with Gasteiger partial charge in [0.25, 0.3) is 6.43 Å². The van der Waals surface area contributed by atoms with Gasteiger partial charge in [-0.2, -0.15) is 0 Å². The van der Waals surface area contributed by atoms with E-state index in [-0.39, 0.29) is 10.9 Å². The lowest BCUT2D eigenvalue weighted by Gasteiger charge is -2.08. The number of aromatic nitrogens is 2. The van der Waals surface area contributed by atoms with E-state index < -0.39 is 11.5 Å². The van der Waals surface area contributed by atoms with Gasteiger partial charge in [-0.05, 0) is 23.4 Å². The minimum absolute atomic E-state index is 0.180. The quantitative estimate of drug-likeness (QED) is 0.328. The fourth-order valence-electron chi connectivity index (χ4n) is 2.22. The number of nitrogens with one attached hydrogen (secondary N) is 2. The molecule has 2 N–H and O–H groups in total. The second-order valence-corrected chi connectivity index (χ2v) is 7.74. The van der Waals surface area contributed by atoms with Gasteiger partial charge in [-0.1, -0.05) is 41.9 Å². The van der Waals surface area contributed by atoms with Crippen LogP contribution in [0.4, 0.5) is 8.78 Å². The van der Waals surface area contributed by atoms with E-state index >= 15 is 0 Å². The molecule has 0 unspecified atom stereocenters. The van der Waals surface area contributed by atoms with Crippen LogP contribution in [0.5, 0.6) is 0 Å². The number of fused-ring (bicyclic) bond motifs is 1. The predicted molar refractivity (Wildman–Crippen MR) is 104 cm³/mol. The lowest BCUT2D eigenvalue weighted by atomic mass is 10.2. The van der Waals surface area contributed by atoms with Crippen LogP contribution in [-0.2, 0) is 5.75 Å². The normalized spacial score (nSPS) is 11.2. The Morgan fingerprint density at radius 1 is 1.23 bits per heavy atom. The molecule has 2 heterocycles. The van der Waals surface area contributed by atoms with Crippen molar-refractivity contribution in [3.05, 3.63) is 65.2 Å². The third kappa shape index (κ3) is 4.25. The van der Waals surface area contributed by atoms with Gasteiger partial charge in [-0.3, -0.25) is 15.2 Å². The average Bonchev–Trinajstić information content (AvgIpc) is 3.05. The molecule has 26 heavy (non-hydrogen) atoms. The number of thioether (sulfide) groups is 2. The largest absolute Gasteiger partial charge is 0.295 e. The van der Waals surface area contributed by atoms with Crippen molar-refractivity contribution in [3.8, 4) is 0 Å². The minimum Gasteiger partial charge on any atom is -0.295 e. The van der Waals surface area contributed by atoms with Crippen molar-refractivity contribution in [2.75, 3.05) is 0 Å². The molecular weight excluding hydrogens is 398 g/mol. The number of nitrogens with zero attached hydrogens (tertiary/aromatic N) is 2. The van der Waals surface area contributed by atoms with E-state index in [0.717, 1.165) is 16.2 Å². The summed E-state index contributed by atoms with van der Waals surface area (Å²) in [6.45, 7) is 0. The van der Waals surface area contributed by atoms with Crippen LogP contribution in [0.1, 0.15) is 11.4 Å². The third-order valence-electron chi connectivity index (χ3n) is 3.43. The number of rotatable bonds is 5. The molecule has 0 saturated heterocycles. The van der Waals surface area contributed by atoms with E-state index in [1.165, 1.54) is 6.20 Å². The van der Waals surface area contributed by atoms with E-state index in [1.54, 1.807) is 22.4 Å². The number of alkyl halides is 2. The van der Waals surface area contributed by atoms with Crippen molar-refractivity contribution in [1.29, 1.82) is 10.8 Å². The summed E-state index contributed by atoms with van der Waals surface area (Å²) in [7, 11) is 0. The maximum Gasteiger partial charge on any atom is 0.285 e. The number of benzene rings is 1. The minimum atomic E-state index is -2.91. The van der Waals surface area contributed by atoms with Crippen LogP contribution in [0.15, 0.2) is 53.7 Å². The summed E-state index contributed by atoms with van der Waals surface area (Å²) < 4.78 is 26.7. The first-order chi connectivity index (χ1) is 12.5. The second kappa shape index (κ2) is 8.20. The van der Waals surface area contributed by atoms with Crippen LogP contribution < -0.4 is 0 Å². The van der Waals surface area contributed by atoms with Crippen LogP contribution in [0.3, 0.4) is 0 Å². The molecule has 3 rings (SSSR count). The van der Waals surface area contributed by atoms with Gasteiger partial charge >= 0.3 is 0 Å². The van der Waals surface area contributed by atoms with Crippen LogP contribution in [0, 0.1) is 10.8 Å². The zero-order valence-corrected chi connectivity index (χ0v) is 15.6. The van der Waals surface area contributed by atoms with Gasteiger partial charge in [0, 0.05) is 16.8 Å². The highest BCUT2D eigenvalue weighted by molar-refractivity contribution is 8.26. The summed E-state index contributed by atoms with van der Waals surface area (Å²) in [6.07, 6.45) is 0.356. The first-order valence-corrected chi connectivity index (χ1v) is 9.60. The van der Waals surface area contributed by atoms with Crippen molar-refractivity contribution >= 4 is 50.7 Å². The maximum atomic E-state index is 12.5. The SMILES string of the molecule is N=C(SC(=N)C(F)F)c1ncc2c(Cl)cc(SCc3ccccc3)cn12. The standard InChI is InChI=1S/C17H13ClF2N4S2/c18-12-6-11(25-9-10-4-2-1-3-5-10)8-24-13(12)7-23-17(24)16(22)26-15(21)14(19)20/h1-8,14,21-22H,9H2. The average molecular weight is 411 g/mol. The number of hydrogen-bond acceptors (Lipinski definition) is 5. The van der Waals surface area contributed by atoms with Gasteiger partial charge in [-0.25, -0.2) is 13.8 Å². The molecule has 2 aromatic heterocycles. The Labute approximate surface area is 162 Å². The van der Waals surface area contributed by atoms with E-state index in [2.05, 4.69) is 4.98 Å². The summed E-state index contributed by atoms with van der Waals surface area (Å²) in [5, 5.41) is 14.6. The molecule has 0 bridgehead atoms. The Morgan fingerprint density at radius 3 is 2.65 bits per heavy atom. The van der Waals surface area contributed by atoms with E-state index in [1.807, 2.05) is 36.4 Å². The molecule has 0 saturated carbocycles. The molecule has 0 atom stereocenters. The van der Waals surface area contributed by atoms with Crippen LogP contribution in [0.25, 0.3) is 5.52 Å². The van der Waals surface area contributed by atoms with Crippen molar-refractivity contribution < 1.29 is 8.78 Å². The molecule has 0 radical (unpaired) electrons. The predicted octanol–water partition coefficient (Wildman–Crippen LogP) is 5.58. The van der Waals surface area contributed by atoms with Gasteiger partial charge in [0.15, 0.2) is 5.82 Å². The summed E-state index contributed by atoms with van der Waals surface area (Å²) in [5.41, 5.74) is 1.74. The smallest absolute Gasteiger partial charge is 0.285 e. The highest BCUT2D eigenvalue weighted by atomic mass is 35.5. The summed E-state index contributed by atoms with van der Waals surface area (Å²) in [6, 6.07) is 11.8. The molecule has 134 valence electrons. The topological polar surface area (TPSA) is 65.0 Å². The zero-order valence-electron chi connectivity index (χ0n) is 13.2. The van der Waals surface area contributed by atoms with Gasteiger partial charge in [0.2, 0.25) is 0 Å².